The van der Waals surface area contributed by atoms with E-state index in [0.29, 0.717) is 5.92 Å². The zero-order valence-electron chi connectivity index (χ0n) is 15.4. The summed E-state index contributed by atoms with van der Waals surface area (Å²) in [6.45, 7) is 7.63. The normalized spacial score (nSPS) is 19.6. The molecule has 1 aliphatic heterocycles. The second-order valence-electron chi connectivity index (χ2n) is 6.80. The molecule has 0 radical (unpaired) electrons. The van der Waals surface area contributed by atoms with Gasteiger partial charge in [0.25, 0.3) is 0 Å². The van der Waals surface area contributed by atoms with Gasteiger partial charge in [0.05, 0.1) is 23.1 Å². The van der Waals surface area contributed by atoms with E-state index >= 15 is 0 Å². The summed E-state index contributed by atoms with van der Waals surface area (Å²) in [5.74, 6) is 0.372. The minimum Gasteiger partial charge on any atom is -0.322 e. The van der Waals surface area contributed by atoms with Crippen molar-refractivity contribution < 1.29 is 4.79 Å². The second-order valence-corrected chi connectivity index (χ2v) is 6.80. The molecule has 2 aromatic rings. The summed E-state index contributed by atoms with van der Waals surface area (Å²) >= 11 is 0. The highest BCUT2D eigenvalue weighted by atomic mass is 16.2. The van der Waals surface area contributed by atoms with E-state index in [1.165, 1.54) is 0 Å². The van der Waals surface area contributed by atoms with Crippen molar-refractivity contribution in [2.75, 3.05) is 18.4 Å². The van der Waals surface area contributed by atoms with Crippen LogP contribution in [0.3, 0.4) is 0 Å². The average Bonchev–Trinajstić information content (AvgIpc) is 2.88. The Hall–Kier alpha value is -2.28. The average molecular weight is 342 g/mol. The third-order valence-electron chi connectivity index (χ3n) is 5.16. The van der Waals surface area contributed by atoms with Crippen LogP contribution < -0.4 is 5.32 Å². The van der Waals surface area contributed by atoms with Gasteiger partial charge in [-0.05, 0) is 46.2 Å². The van der Waals surface area contributed by atoms with E-state index in [1.807, 2.05) is 33.9 Å². The maximum atomic E-state index is 12.8. The Morgan fingerprint density at radius 2 is 2.20 bits per heavy atom. The molecule has 25 heavy (non-hydrogen) atoms. The fourth-order valence-corrected chi connectivity index (χ4v) is 3.49. The summed E-state index contributed by atoms with van der Waals surface area (Å²) in [5.41, 5.74) is 3.70. The predicted octanol–water partition coefficient (Wildman–Crippen LogP) is 2.03. The Bertz CT molecular complexity index is 742. The summed E-state index contributed by atoms with van der Waals surface area (Å²) in [6.07, 6.45) is 5.55. The van der Waals surface area contributed by atoms with Crippen molar-refractivity contribution in [1.82, 2.24) is 24.6 Å². The number of carbonyl (C=O) groups excluding carboxylic acids is 1. The Kier molecular flexibility index (Phi) is 5.13. The molecule has 0 bridgehead atoms. The molecule has 7 heteroatoms. The molecule has 7 nitrogen and oxygen atoms in total. The van der Waals surface area contributed by atoms with Gasteiger partial charge >= 0.3 is 0 Å². The van der Waals surface area contributed by atoms with Crippen LogP contribution in [-0.2, 0) is 11.8 Å². The number of rotatable bonds is 4. The third kappa shape index (κ3) is 3.71. The number of aryl methyl sites for hydroxylation is 2. The topological polar surface area (TPSA) is 75.9 Å². The van der Waals surface area contributed by atoms with E-state index < -0.39 is 0 Å². The highest BCUT2D eigenvalue weighted by Gasteiger charge is 2.29. The summed E-state index contributed by atoms with van der Waals surface area (Å²) in [6, 6.07) is 1.78. The molecule has 1 amide bonds. The van der Waals surface area contributed by atoms with E-state index in [-0.39, 0.29) is 11.9 Å². The third-order valence-corrected chi connectivity index (χ3v) is 5.16. The first-order valence-electron chi connectivity index (χ1n) is 8.78. The predicted molar refractivity (Wildman–Crippen MR) is 96.4 cm³/mol. The minimum absolute atomic E-state index is 0.0162. The Morgan fingerprint density at radius 3 is 2.84 bits per heavy atom. The molecule has 0 saturated carbocycles. The lowest BCUT2D eigenvalue weighted by atomic mass is 9.93. The highest BCUT2D eigenvalue weighted by molar-refractivity contribution is 5.95. The number of hydrogen-bond acceptors (Lipinski definition) is 5. The summed E-state index contributed by atoms with van der Waals surface area (Å²) < 4.78 is 1.79. The van der Waals surface area contributed by atoms with Crippen LogP contribution in [0.25, 0.3) is 0 Å². The number of nitrogens with one attached hydrogen (secondary N) is 1. The van der Waals surface area contributed by atoms with Crippen LogP contribution in [0.1, 0.15) is 42.8 Å². The summed E-state index contributed by atoms with van der Waals surface area (Å²) in [5, 5.41) is 7.42. The van der Waals surface area contributed by atoms with Gasteiger partial charge in [-0.3, -0.25) is 14.4 Å². The van der Waals surface area contributed by atoms with E-state index in [0.717, 1.165) is 48.7 Å². The number of carbonyl (C=O) groups is 1. The smallest absolute Gasteiger partial charge is 0.241 e. The van der Waals surface area contributed by atoms with Gasteiger partial charge in [-0.15, -0.1) is 0 Å². The van der Waals surface area contributed by atoms with Crippen LogP contribution in [0.4, 0.5) is 5.69 Å². The van der Waals surface area contributed by atoms with Crippen molar-refractivity contribution in [2.45, 2.75) is 45.6 Å². The van der Waals surface area contributed by atoms with Gasteiger partial charge in [0.2, 0.25) is 5.91 Å². The zero-order valence-corrected chi connectivity index (χ0v) is 15.4. The zero-order chi connectivity index (χ0) is 18.0. The minimum atomic E-state index is -0.191. The molecule has 1 aliphatic rings. The maximum Gasteiger partial charge on any atom is 0.241 e. The van der Waals surface area contributed by atoms with Crippen molar-refractivity contribution >= 4 is 11.6 Å². The number of nitrogens with zero attached hydrogens (tertiary/aromatic N) is 5. The maximum absolute atomic E-state index is 12.8. The van der Waals surface area contributed by atoms with Crippen molar-refractivity contribution in [1.29, 1.82) is 0 Å². The van der Waals surface area contributed by atoms with Gasteiger partial charge < -0.3 is 5.32 Å². The van der Waals surface area contributed by atoms with Gasteiger partial charge in [0.1, 0.15) is 6.33 Å². The van der Waals surface area contributed by atoms with E-state index in [1.54, 1.807) is 17.2 Å². The number of aromatic nitrogens is 4. The molecule has 2 atom stereocenters. The lowest BCUT2D eigenvalue weighted by Gasteiger charge is -2.35. The van der Waals surface area contributed by atoms with Gasteiger partial charge in [-0.2, -0.15) is 5.10 Å². The summed E-state index contributed by atoms with van der Waals surface area (Å²) in [4.78, 5) is 23.4. The Morgan fingerprint density at radius 1 is 1.40 bits per heavy atom. The van der Waals surface area contributed by atoms with Crippen molar-refractivity contribution in [3.05, 3.63) is 35.7 Å². The molecule has 0 unspecified atom stereocenters. The van der Waals surface area contributed by atoms with E-state index in [4.69, 9.17) is 0 Å². The molecule has 0 aliphatic carbocycles. The quantitative estimate of drug-likeness (QED) is 0.920. The fourth-order valence-electron chi connectivity index (χ4n) is 3.49. The number of likely N-dealkylation sites (tertiary alicyclic amines) is 1. The van der Waals surface area contributed by atoms with Gasteiger partial charge in [-0.25, -0.2) is 9.97 Å². The first kappa shape index (κ1) is 17.5. The molecule has 1 N–H and O–H groups in total. The van der Waals surface area contributed by atoms with Crippen LogP contribution in [0.5, 0.6) is 0 Å². The van der Waals surface area contributed by atoms with Crippen LogP contribution in [0.15, 0.2) is 18.6 Å². The SMILES string of the molecule is Cc1nn(C)c(C)c1NC(=O)[C@H](C)N1CCC[C@H](c2ccncn2)C1. The second kappa shape index (κ2) is 7.31. The number of amides is 1. The lowest BCUT2D eigenvalue weighted by Crippen LogP contribution is -2.46. The molecule has 1 fully saturated rings. The van der Waals surface area contributed by atoms with E-state index in [2.05, 4.69) is 25.3 Å². The molecular weight excluding hydrogens is 316 g/mol. The standard InChI is InChI=1S/C18H26N6O/c1-12-17(13(2)23(4)22-12)21-18(25)14(3)24-9-5-6-15(10-24)16-7-8-19-11-20-16/h7-8,11,14-15H,5-6,9-10H2,1-4H3,(H,21,25)/t14-,15-/m0/s1. The number of piperidine rings is 1. The summed E-state index contributed by atoms with van der Waals surface area (Å²) in [7, 11) is 1.89. The van der Waals surface area contributed by atoms with Crippen LogP contribution >= 0.6 is 0 Å². The molecular formula is C18H26N6O. The Labute approximate surface area is 148 Å². The van der Waals surface area contributed by atoms with Crippen molar-refractivity contribution in [3.63, 3.8) is 0 Å². The molecule has 0 spiro atoms. The van der Waals surface area contributed by atoms with Crippen molar-refractivity contribution in [3.8, 4) is 0 Å². The highest BCUT2D eigenvalue weighted by Crippen LogP contribution is 2.27. The van der Waals surface area contributed by atoms with Gasteiger partial charge in [0, 0.05) is 31.4 Å². The largest absolute Gasteiger partial charge is 0.322 e. The Balaban J connectivity index is 1.67. The van der Waals surface area contributed by atoms with Crippen LogP contribution in [0, 0.1) is 13.8 Å². The van der Waals surface area contributed by atoms with Crippen LogP contribution in [-0.4, -0.2) is 49.7 Å². The fraction of sp³-hybridized carbons (Fsp3) is 0.556. The van der Waals surface area contributed by atoms with Crippen LogP contribution in [0.2, 0.25) is 0 Å². The first-order valence-corrected chi connectivity index (χ1v) is 8.78. The molecule has 3 rings (SSSR count). The molecule has 3 heterocycles. The molecule has 2 aromatic heterocycles. The lowest BCUT2D eigenvalue weighted by molar-refractivity contribution is -0.121. The van der Waals surface area contributed by atoms with Gasteiger partial charge in [-0.1, -0.05) is 0 Å². The number of hydrogen-bond donors (Lipinski definition) is 1. The van der Waals surface area contributed by atoms with Gasteiger partial charge in [0.15, 0.2) is 0 Å². The first-order chi connectivity index (χ1) is 12.0. The van der Waals surface area contributed by atoms with E-state index in [9.17, 15) is 4.79 Å². The number of anilines is 1. The molecule has 0 aromatic carbocycles. The van der Waals surface area contributed by atoms with Crippen molar-refractivity contribution in [2.24, 2.45) is 7.05 Å². The molecule has 134 valence electrons. The monoisotopic (exact) mass is 342 g/mol. The molecule has 1 saturated heterocycles.